The molecule has 2 aliphatic heterocycles. The van der Waals surface area contributed by atoms with E-state index in [1.807, 2.05) is 12.1 Å². The van der Waals surface area contributed by atoms with Crippen LogP contribution in [-0.4, -0.2) is 36.1 Å². The average molecular weight is 400 g/mol. The second-order valence-electron chi connectivity index (χ2n) is 7.25. The zero-order chi connectivity index (χ0) is 19.0. The summed E-state index contributed by atoms with van der Waals surface area (Å²) in [6.45, 7) is 3.58. The highest BCUT2D eigenvalue weighted by molar-refractivity contribution is 6.30. The number of nitrogens with zero attached hydrogens (tertiary/aromatic N) is 5. The summed E-state index contributed by atoms with van der Waals surface area (Å²) in [7, 11) is 0. The van der Waals surface area contributed by atoms with E-state index < -0.39 is 0 Å². The first-order chi connectivity index (χ1) is 13.1. The van der Waals surface area contributed by atoms with Crippen molar-refractivity contribution in [2.75, 3.05) is 26.2 Å². The predicted octanol–water partition coefficient (Wildman–Crippen LogP) is 3.41. The monoisotopic (exact) mass is 399 g/mol. The van der Waals surface area contributed by atoms with Crippen molar-refractivity contribution in [2.24, 2.45) is 11.8 Å². The maximum Gasteiger partial charge on any atom is 0.157 e. The lowest BCUT2D eigenvalue weighted by atomic mass is 9.83. The van der Waals surface area contributed by atoms with E-state index in [-0.39, 0.29) is 10.3 Å². The smallest absolute Gasteiger partial charge is 0.157 e. The number of fused-ring (bicyclic) bond motifs is 2. The van der Waals surface area contributed by atoms with Gasteiger partial charge in [-0.1, -0.05) is 23.2 Å². The van der Waals surface area contributed by atoms with Crippen LogP contribution in [0.1, 0.15) is 17.5 Å². The molecule has 2 saturated heterocycles. The Hall–Kier alpha value is -2.22. The molecule has 0 saturated carbocycles. The van der Waals surface area contributed by atoms with Crippen LogP contribution in [0.4, 0.5) is 11.4 Å². The minimum absolute atomic E-state index is 0.199. The molecule has 4 heterocycles. The van der Waals surface area contributed by atoms with Crippen LogP contribution in [0.5, 0.6) is 0 Å². The summed E-state index contributed by atoms with van der Waals surface area (Å²) in [4.78, 5) is 8.50. The number of hydrogen-bond donors (Lipinski definition) is 1. The van der Waals surface area contributed by atoms with Crippen LogP contribution in [0.15, 0.2) is 24.5 Å². The Kier molecular flexibility index (Phi) is 4.75. The maximum absolute atomic E-state index is 9.41. The van der Waals surface area contributed by atoms with Crippen molar-refractivity contribution in [3.8, 4) is 12.1 Å². The second kappa shape index (κ2) is 7.07. The van der Waals surface area contributed by atoms with Gasteiger partial charge in [0.25, 0.3) is 0 Å². The summed E-state index contributed by atoms with van der Waals surface area (Å²) < 4.78 is 0.495. The number of quaternary nitrogens is 1. The van der Waals surface area contributed by atoms with Crippen molar-refractivity contribution in [3.63, 3.8) is 0 Å². The van der Waals surface area contributed by atoms with Gasteiger partial charge in [-0.3, -0.25) is 4.48 Å². The lowest BCUT2D eigenvalue weighted by molar-refractivity contribution is 0.142. The Morgan fingerprint density at radius 1 is 0.926 bits per heavy atom. The predicted molar refractivity (Wildman–Crippen MR) is 104 cm³/mol. The van der Waals surface area contributed by atoms with Gasteiger partial charge < -0.3 is 5.32 Å². The zero-order valence-electron chi connectivity index (χ0n) is 14.5. The Morgan fingerprint density at radius 3 is 1.85 bits per heavy atom. The van der Waals surface area contributed by atoms with Crippen molar-refractivity contribution in [2.45, 2.75) is 6.42 Å². The third kappa shape index (κ3) is 3.16. The van der Waals surface area contributed by atoms with Gasteiger partial charge in [-0.05, 0) is 6.42 Å². The van der Waals surface area contributed by atoms with Crippen molar-refractivity contribution in [1.82, 2.24) is 19.8 Å². The quantitative estimate of drug-likeness (QED) is 0.617. The molecule has 8 heteroatoms. The van der Waals surface area contributed by atoms with Gasteiger partial charge >= 0.3 is 0 Å². The standard InChI is InChI=1S/C19H17Cl2N6/c20-18-14(4-22)2-16(8-25-18)27(10-12-1-13(11-27)7-24-6-12)17-3-15(5-23)19(21)26-9-17/h2-3,8-9,12-13,24H,1,6-7,10-11H2/q+1. The third-order valence-corrected chi connectivity index (χ3v) is 6.15. The van der Waals surface area contributed by atoms with E-state index in [1.54, 1.807) is 12.4 Å². The first-order valence-electron chi connectivity index (χ1n) is 8.76. The topological polar surface area (TPSA) is 85.4 Å². The molecule has 2 aromatic rings. The summed E-state index contributed by atoms with van der Waals surface area (Å²) in [5, 5.41) is 22.7. The molecule has 27 heavy (non-hydrogen) atoms. The number of rotatable bonds is 2. The van der Waals surface area contributed by atoms with Gasteiger partial charge in [0.2, 0.25) is 0 Å². The molecular weight excluding hydrogens is 383 g/mol. The van der Waals surface area contributed by atoms with Crippen LogP contribution in [-0.2, 0) is 0 Å². The van der Waals surface area contributed by atoms with Crippen LogP contribution in [0.2, 0.25) is 10.3 Å². The largest absolute Gasteiger partial charge is 0.316 e. The number of nitrogens with one attached hydrogen (secondary N) is 1. The van der Waals surface area contributed by atoms with E-state index >= 15 is 0 Å². The first kappa shape index (κ1) is 18.2. The molecule has 4 rings (SSSR count). The van der Waals surface area contributed by atoms with Gasteiger partial charge in [-0.25, -0.2) is 9.97 Å². The molecule has 0 aromatic carbocycles. The second-order valence-corrected chi connectivity index (χ2v) is 7.96. The van der Waals surface area contributed by atoms with E-state index in [1.165, 1.54) is 6.42 Å². The molecule has 2 unspecified atom stereocenters. The third-order valence-electron chi connectivity index (χ3n) is 5.55. The lowest BCUT2D eigenvalue weighted by Crippen LogP contribution is -2.60. The van der Waals surface area contributed by atoms with Crippen molar-refractivity contribution >= 4 is 34.6 Å². The fourth-order valence-electron chi connectivity index (χ4n) is 4.43. The fraction of sp³-hybridized carbons (Fsp3) is 0.368. The van der Waals surface area contributed by atoms with E-state index in [2.05, 4.69) is 27.4 Å². The number of aromatic nitrogens is 2. The summed E-state index contributed by atoms with van der Waals surface area (Å²) in [5.41, 5.74) is 2.48. The summed E-state index contributed by atoms with van der Waals surface area (Å²) in [6, 6.07) is 7.86. The molecule has 0 radical (unpaired) electrons. The number of nitriles is 2. The van der Waals surface area contributed by atoms with Gasteiger partial charge in [0, 0.05) is 37.1 Å². The van der Waals surface area contributed by atoms with Gasteiger partial charge in [0.15, 0.2) is 11.4 Å². The van der Waals surface area contributed by atoms with E-state index in [0.717, 1.165) is 37.6 Å². The molecule has 2 fully saturated rings. The van der Waals surface area contributed by atoms with Gasteiger partial charge in [0.05, 0.1) is 36.6 Å². The van der Waals surface area contributed by atoms with Gasteiger partial charge in [-0.2, -0.15) is 10.5 Å². The van der Waals surface area contributed by atoms with Crippen molar-refractivity contribution < 1.29 is 0 Å². The van der Waals surface area contributed by atoms with Crippen molar-refractivity contribution in [1.29, 1.82) is 10.5 Å². The average Bonchev–Trinajstić information content (AvgIpc) is 2.68. The van der Waals surface area contributed by atoms with E-state index in [9.17, 15) is 10.5 Å². The van der Waals surface area contributed by atoms with Gasteiger partial charge in [-0.15, -0.1) is 0 Å². The molecule has 1 N–H and O–H groups in total. The minimum Gasteiger partial charge on any atom is -0.316 e. The highest BCUT2D eigenvalue weighted by Gasteiger charge is 2.46. The molecule has 0 spiro atoms. The Labute approximate surface area is 167 Å². The maximum atomic E-state index is 9.41. The van der Waals surface area contributed by atoms with Crippen LogP contribution >= 0.6 is 23.2 Å². The molecule has 2 aliphatic rings. The Balaban J connectivity index is 1.91. The van der Waals surface area contributed by atoms with E-state index in [4.69, 9.17) is 23.2 Å². The van der Waals surface area contributed by atoms with Crippen LogP contribution in [0.25, 0.3) is 0 Å². The SMILES string of the molecule is N#Cc1cc([N+]2(c3cnc(Cl)c(C#N)c3)CC3CNCC(C3)C2)cnc1Cl. The molecule has 2 aromatic heterocycles. The van der Waals surface area contributed by atoms with Crippen LogP contribution in [0.3, 0.4) is 0 Å². The fourth-order valence-corrected chi connectivity index (χ4v) is 4.72. The number of pyridine rings is 2. The minimum atomic E-state index is 0.199. The van der Waals surface area contributed by atoms with Crippen LogP contribution < -0.4 is 9.80 Å². The molecule has 2 atom stereocenters. The number of halogens is 2. The lowest BCUT2D eigenvalue weighted by Gasteiger charge is -2.48. The highest BCUT2D eigenvalue weighted by atomic mass is 35.5. The molecule has 0 amide bonds. The molecule has 2 bridgehead atoms. The summed E-state index contributed by atoms with van der Waals surface area (Å²) >= 11 is 12.1. The summed E-state index contributed by atoms with van der Waals surface area (Å²) in [6.07, 6.45) is 4.64. The molecule has 136 valence electrons. The highest BCUT2D eigenvalue weighted by Crippen LogP contribution is 2.43. The molecular formula is C19H17Cl2N6+. The van der Waals surface area contributed by atoms with Gasteiger partial charge in [0.1, 0.15) is 22.4 Å². The first-order valence-corrected chi connectivity index (χ1v) is 9.51. The normalized spacial score (nSPS) is 23.3. The number of hydrogen-bond acceptors (Lipinski definition) is 5. The Bertz CT molecular complexity index is 900. The Morgan fingerprint density at radius 2 is 1.41 bits per heavy atom. The summed E-state index contributed by atoms with van der Waals surface area (Å²) in [5.74, 6) is 0.972. The molecule has 6 nitrogen and oxygen atoms in total. The zero-order valence-corrected chi connectivity index (χ0v) is 16.0. The molecule has 0 aliphatic carbocycles. The number of piperidine rings is 2. The van der Waals surface area contributed by atoms with E-state index in [0.29, 0.717) is 27.4 Å². The van der Waals surface area contributed by atoms with Crippen molar-refractivity contribution in [3.05, 3.63) is 46.0 Å². The van der Waals surface area contributed by atoms with Crippen LogP contribution in [0, 0.1) is 34.5 Å².